The number of alkyl halides is 3. The Morgan fingerprint density at radius 2 is 1.92 bits per heavy atom. The van der Waals surface area contributed by atoms with Gasteiger partial charge in [0.15, 0.2) is 11.5 Å². The Labute approximate surface area is 219 Å². The van der Waals surface area contributed by atoms with E-state index in [2.05, 4.69) is 30.4 Å². The van der Waals surface area contributed by atoms with Gasteiger partial charge < -0.3 is 20.1 Å². The molecule has 3 aromatic heterocycles. The number of nitrogens with zero attached hydrogens (tertiary/aromatic N) is 4. The summed E-state index contributed by atoms with van der Waals surface area (Å²) in [7, 11) is -2.96. The van der Waals surface area contributed by atoms with Gasteiger partial charge in [-0.1, -0.05) is 18.2 Å². The van der Waals surface area contributed by atoms with Crippen molar-refractivity contribution in [3.05, 3.63) is 65.5 Å². The first-order chi connectivity index (χ1) is 19.1. The number of halogens is 3. The number of anilines is 1. The Morgan fingerprint density at radius 3 is 2.63 bits per heavy atom. The molecule has 38 heavy (non-hydrogen) atoms. The number of benzene rings is 1. The van der Waals surface area contributed by atoms with E-state index in [1.54, 1.807) is 19.1 Å². The van der Waals surface area contributed by atoms with Crippen molar-refractivity contribution in [2.45, 2.75) is 33.2 Å². The molecule has 0 saturated carbocycles. The summed E-state index contributed by atoms with van der Waals surface area (Å²) in [6, 6.07) is 8.80. The van der Waals surface area contributed by atoms with Crippen LogP contribution in [0.5, 0.6) is 11.6 Å². The van der Waals surface area contributed by atoms with Crippen LogP contribution in [-0.4, -0.2) is 44.8 Å². The van der Waals surface area contributed by atoms with Crippen LogP contribution in [-0.2, 0) is 4.79 Å². The fourth-order valence-corrected chi connectivity index (χ4v) is 3.76. The molecule has 1 aromatic carbocycles. The van der Waals surface area contributed by atoms with Gasteiger partial charge in [-0.3, -0.25) is 9.59 Å². The third kappa shape index (κ3) is 5.82. The number of carbonyl (C=O) groups is 2. The molecule has 0 aliphatic carbocycles. The number of carbonyl (C=O) groups excluding carboxylic acids is 2. The maximum Gasteiger partial charge on any atom is 0.573 e. The summed E-state index contributed by atoms with van der Waals surface area (Å²) in [5.74, 6) is -1.94. The molecule has 2 N–H and O–H groups in total. The SMILES string of the molecule is [2H]C([2H])([2H])Oc1nc(C)c(-c2ccc3nc(NC(C)=O)cn3n2)cc1C(=O)NC(C)c1ccccc1OC(F)(F)F. The van der Waals surface area contributed by atoms with Gasteiger partial charge in [0.25, 0.3) is 5.91 Å². The van der Waals surface area contributed by atoms with Gasteiger partial charge in [-0.05, 0) is 38.1 Å². The fraction of sp³-hybridized carbons (Fsp3) is 0.240. The number of para-hydroxylation sites is 1. The second kappa shape index (κ2) is 10.4. The van der Waals surface area contributed by atoms with Gasteiger partial charge in [0.1, 0.15) is 11.3 Å². The summed E-state index contributed by atoms with van der Waals surface area (Å²) in [6.07, 6.45) is -3.48. The van der Waals surface area contributed by atoms with Crippen molar-refractivity contribution in [1.82, 2.24) is 24.9 Å². The van der Waals surface area contributed by atoms with E-state index in [0.717, 1.165) is 6.07 Å². The van der Waals surface area contributed by atoms with Gasteiger partial charge in [-0.2, -0.15) is 5.10 Å². The number of pyridine rings is 1. The maximum absolute atomic E-state index is 13.4. The van der Waals surface area contributed by atoms with Crippen LogP contribution in [0.25, 0.3) is 16.9 Å². The quantitative estimate of drug-likeness (QED) is 0.361. The molecular formula is C25H23F3N6O4. The van der Waals surface area contributed by atoms with Crippen molar-refractivity contribution in [3.8, 4) is 22.9 Å². The molecule has 13 heteroatoms. The monoisotopic (exact) mass is 531 g/mol. The first-order valence-electron chi connectivity index (χ1n) is 12.6. The summed E-state index contributed by atoms with van der Waals surface area (Å²) >= 11 is 0. The largest absolute Gasteiger partial charge is 0.573 e. The molecule has 10 nitrogen and oxygen atoms in total. The van der Waals surface area contributed by atoms with E-state index in [4.69, 9.17) is 8.85 Å². The van der Waals surface area contributed by atoms with Crippen molar-refractivity contribution < 1.29 is 36.3 Å². The van der Waals surface area contributed by atoms with E-state index in [9.17, 15) is 22.8 Å². The van der Waals surface area contributed by atoms with E-state index < -0.39 is 37.0 Å². The first kappa shape index (κ1) is 22.5. The van der Waals surface area contributed by atoms with Crippen LogP contribution in [0.4, 0.5) is 19.0 Å². The number of aromatic nitrogens is 4. The number of nitrogens with one attached hydrogen (secondary N) is 2. The molecule has 0 bridgehead atoms. The van der Waals surface area contributed by atoms with Gasteiger partial charge >= 0.3 is 6.36 Å². The molecule has 198 valence electrons. The molecular weight excluding hydrogens is 505 g/mol. The molecule has 4 aromatic rings. The summed E-state index contributed by atoms with van der Waals surface area (Å²) in [4.78, 5) is 33.2. The lowest BCUT2D eigenvalue weighted by atomic mass is 10.0. The highest BCUT2D eigenvalue weighted by atomic mass is 19.4. The molecule has 0 aliphatic heterocycles. The first-order valence-corrected chi connectivity index (χ1v) is 11.1. The average Bonchev–Trinajstić information content (AvgIpc) is 3.23. The molecule has 2 amide bonds. The van der Waals surface area contributed by atoms with Gasteiger partial charge in [-0.25, -0.2) is 14.5 Å². The molecule has 0 radical (unpaired) electrons. The number of hydrogen-bond donors (Lipinski definition) is 2. The highest BCUT2D eigenvalue weighted by molar-refractivity contribution is 5.98. The van der Waals surface area contributed by atoms with Crippen LogP contribution in [0, 0.1) is 6.92 Å². The Morgan fingerprint density at radius 1 is 1.16 bits per heavy atom. The summed E-state index contributed by atoms with van der Waals surface area (Å²) < 4.78 is 71.6. The zero-order valence-corrected chi connectivity index (χ0v) is 20.3. The standard InChI is InChI=1S/C25H23F3N6O4/c1-13(16-7-5-6-8-20(16)38-25(26,27)28)29-23(36)18-11-17(14(2)30-24(18)37-4)19-9-10-22-32-21(31-15(3)35)12-34(22)33-19/h5-13H,1-4H3,(H,29,36)(H,31,35)/i4D3. The molecule has 1 atom stereocenters. The average molecular weight is 532 g/mol. The normalized spacial score (nSPS) is 13.7. The zero-order valence-electron chi connectivity index (χ0n) is 23.3. The molecule has 0 fully saturated rings. The highest BCUT2D eigenvalue weighted by Crippen LogP contribution is 2.31. The molecule has 3 heterocycles. The Balaban J connectivity index is 1.72. The molecule has 0 aliphatic rings. The number of fused-ring (bicyclic) bond motifs is 1. The van der Waals surface area contributed by atoms with Gasteiger partial charge in [0.05, 0.1) is 34.8 Å². The second-order valence-corrected chi connectivity index (χ2v) is 8.19. The van der Waals surface area contributed by atoms with Crippen molar-refractivity contribution >= 4 is 23.3 Å². The summed E-state index contributed by atoms with van der Waals surface area (Å²) in [5.41, 5.74) is 1.07. The lowest BCUT2D eigenvalue weighted by Crippen LogP contribution is -2.28. The van der Waals surface area contributed by atoms with Crippen LogP contribution in [0.2, 0.25) is 0 Å². The van der Waals surface area contributed by atoms with E-state index in [0.29, 0.717) is 16.9 Å². The van der Waals surface area contributed by atoms with Crippen molar-refractivity contribution in [2.75, 3.05) is 12.4 Å². The van der Waals surface area contributed by atoms with Gasteiger partial charge in [-0.15, -0.1) is 13.2 Å². The minimum absolute atomic E-state index is 0.0268. The number of imidazole rings is 1. The number of rotatable bonds is 7. The second-order valence-electron chi connectivity index (χ2n) is 8.19. The van der Waals surface area contributed by atoms with E-state index in [1.807, 2.05) is 0 Å². The zero-order chi connectivity index (χ0) is 30.1. The van der Waals surface area contributed by atoms with Crippen molar-refractivity contribution in [2.24, 2.45) is 0 Å². The Bertz CT molecular complexity index is 1620. The minimum atomic E-state index is -4.96. The van der Waals surface area contributed by atoms with Crippen LogP contribution in [0.3, 0.4) is 0 Å². The number of methoxy groups -OCH3 is 1. The number of aryl methyl sites for hydroxylation is 1. The summed E-state index contributed by atoms with van der Waals surface area (Å²) in [6.45, 7) is 4.32. The smallest absolute Gasteiger partial charge is 0.480 e. The minimum Gasteiger partial charge on any atom is -0.480 e. The predicted octanol–water partition coefficient (Wildman–Crippen LogP) is 4.46. The van der Waals surface area contributed by atoms with Crippen LogP contribution < -0.4 is 20.1 Å². The van der Waals surface area contributed by atoms with E-state index >= 15 is 0 Å². The number of amides is 2. The molecule has 0 spiro atoms. The third-order valence-corrected chi connectivity index (χ3v) is 5.38. The van der Waals surface area contributed by atoms with Crippen molar-refractivity contribution in [3.63, 3.8) is 0 Å². The highest BCUT2D eigenvalue weighted by Gasteiger charge is 2.33. The van der Waals surface area contributed by atoms with Crippen molar-refractivity contribution in [1.29, 1.82) is 0 Å². The number of ether oxygens (including phenoxy) is 2. The molecule has 4 rings (SSSR count). The topological polar surface area (TPSA) is 120 Å². The molecule has 1 unspecified atom stereocenters. The van der Waals surface area contributed by atoms with Gasteiger partial charge in [0.2, 0.25) is 11.8 Å². The third-order valence-electron chi connectivity index (χ3n) is 5.38. The lowest BCUT2D eigenvalue weighted by molar-refractivity contribution is -0.275. The Kier molecular flexibility index (Phi) is 6.14. The van der Waals surface area contributed by atoms with Gasteiger partial charge in [0, 0.05) is 18.1 Å². The van der Waals surface area contributed by atoms with Crippen LogP contribution >= 0.6 is 0 Å². The van der Waals surface area contributed by atoms with Crippen LogP contribution in [0.1, 0.15) is 45.6 Å². The summed E-state index contributed by atoms with van der Waals surface area (Å²) in [5, 5.41) is 9.55. The Hall–Kier alpha value is -4.68. The fourth-order valence-electron chi connectivity index (χ4n) is 3.76. The molecule has 0 saturated heterocycles. The lowest BCUT2D eigenvalue weighted by Gasteiger charge is -2.20. The van der Waals surface area contributed by atoms with E-state index in [1.165, 1.54) is 48.8 Å². The number of hydrogen-bond acceptors (Lipinski definition) is 7. The maximum atomic E-state index is 13.4. The van der Waals surface area contributed by atoms with E-state index in [-0.39, 0.29) is 28.5 Å². The van der Waals surface area contributed by atoms with Crippen LogP contribution in [0.15, 0.2) is 48.7 Å². The predicted molar refractivity (Wildman–Crippen MR) is 131 cm³/mol.